The zero-order chi connectivity index (χ0) is 21.3. The molecule has 5 nitrogen and oxygen atoms in total. The third-order valence-corrected chi connectivity index (χ3v) is 6.26. The summed E-state index contributed by atoms with van der Waals surface area (Å²) >= 11 is 0. The number of halogens is 3. The number of nitrogens with two attached hydrogens (primary N) is 1. The van der Waals surface area contributed by atoms with Crippen molar-refractivity contribution in [3.05, 3.63) is 35.1 Å². The molecule has 2 aliphatic rings. The van der Waals surface area contributed by atoms with Crippen LogP contribution in [0.25, 0.3) is 0 Å². The highest BCUT2D eigenvalue weighted by Crippen LogP contribution is 2.40. The molecule has 0 aromatic heterocycles. The second-order valence-electron chi connectivity index (χ2n) is 8.43. The number of benzene rings is 1. The molecule has 2 fully saturated rings. The van der Waals surface area contributed by atoms with Crippen molar-refractivity contribution in [3.8, 4) is 0 Å². The van der Waals surface area contributed by atoms with Crippen molar-refractivity contribution < 1.29 is 22.8 Å². The number of amides is 2. The minimum Gasteiger partial charge on any atom is -0.349 e. The number of fused-ring (bicyclic) bond motifs is 2. The lowest BCUT2D eigenvalue weighted by atomic mass is 9.82. The summed E-state index contributed by atoms with van der Waals surface area (Å²) in [6, 6.07) is 1.17. The van der Waals surface area contributed by atoms with E-state index in [1.165, 1.54) is 4.90 Å². The molecule has 0 spiro atoms. The summed E-state index contributed by atoms with van der Waals surface area (Å²) in [6.45, 7) is 0. The van der Waals surface area contributed by atoms with Crippen molar-refractivity contribution in [1.29, 1.82) is 0 Å². The van der Waals surface area contributed by atoms with Gasteiger partial charge in [0, 0.05) is 51.1 Å². The molecule has 2 N–H and O–H groups in total. The average molecular weight is 411 g/mol. The quantitative estimate of drug-likeness (QED) is 0.732. The Morgan fingerprint density at radius 1 is 1.07 bits per heavy atom. The summed E-state index contributed by atoms with van der Waals surface area (Å²) in [5.41, 5.74) is 6.38. The molecule has 2 heterocycles. The highest BCUT2D eigenvalue weighted by molar-refractivity contribution is 5.84. The molecule has 0 saturated carbocycles. The summed E-state index contributed by atoms with van der Waals surface area (Å²) in [5, 5.41) is 0. The summed E-state index contributed by atoms with van der Waals surface area (Å²) in [7, 11) is 3.33. The fourth-order valence-corrected chi connectivity index (χ4v) is 4.68. The van der Waals surface area contributed by atoms with Crippen molar-refractivity contribution in [3.63, 3.8) is 0 Å². The number of hydrogen-bond donors (Lipinski definition) is 1. The average Bonchev–Trinajstić information content (AvgIpc) is 2.93. The molecule has 3 rings (SSSR count). The number of carbonyl (C=O) groups is 2. The minimum atomic E-state index is -1.21. The predicted molar refractivity (Wildman–Crippen MR) is 102 cm³/mol. The number of carbonyl (C=O) groups excluding carboxylic acids is 2. The van der Waals surface area contributed by atoms with Gasteiger partial charge in [-0.25, -0.2) is 13.2 Å². The maximum absolute atomic E-state index is 14.0. The highest BCUT2D eigenvalue weighted by atomic mass is 19.2. The van der Waals surface area contributed by atoms with E-state index in [0.29, 0.717) is 18.9 Å². The molecule has 4 atom stereocenters. The van der Waals surface area contributed by atoms with Crippen LogP contribution in [0.3, 0.4) is 0 Å². The van der Waals surface area contributed by atoms with Gasteiger partial charge in [0.15, 0.2) is 11.6 Å². The van der Waals surface area contributed by atoms with Gasteiger partial charge in [-0.1, -0.05) is 0 Å². The smallest absolute Gasteiger partial charge is 0.223 e. The van der Waals surface area contributed by atoms with E-state index in [-0.39, 0.29) is 54.6 Å². The summed E-state index contributed by atoms with van der Waals surface area (Å²) in [4.78, 5) is 27.8. The van der Waals surface area contributed by atoms with Crippen molar-refractivity contribution >= 4 is 11.8 Å². The van der Waals surface area contributed by atoms with Gasteiger partial charge in [-0.05, 0) is 49.7 Å². The first kappa shape index (κ1) is 21.6. The lowest BCUT2D eigenvalue weighted by Gasteiger charge is -2.41. The zero-order valence-corrected chi connectivity index (χ0v) is 16.8. The monoisotopic (exact) mass is 411 g/mol. The second kappa shape index (κ2) is 8.73. The van der Waals surface area contributed by atoms with Gasteiger partial charge < -0.3 is 15.5 Å². The van der Waals surface area contributed by atoms with Gasteiger partial charge >= 0.3 is 0 Å². The standard InChI is InChI=1S/C21H28F3N3O2/c1-26(2)20(28)5-6-21(29)27-14-3-4-15(27)8-13(7-14)19(25)10-12-9-17(23)18(24)11-16(12)22/h9,11,13-15,19H,3-8,10,25H2,1-2H3/t13?,14-,15+,19-/m1/s1. The highest BCUT2D eigenvalue weighted by Gasteiger charge is 2.44. The Hall–Kier alpha value is -2.09. The Balaban J connectivity index is 1.60. The first-order valence-electron chi connectivity index (χ1n) is 10.1. The van der Waals surface area contributed by atoms with E-state index >= 15 is 0 Å². The third kappa shape index (κ3) is 4.74. The second-order valence-corrected chi connectivity index (χ2v) is 8.43. The largest absolute Gasteiger partial charge is 0.349 e. The van der Waals surface area contributed by atoms with E-state index in [4.69, 9.17) is 5.73 Å². The van der Waals surface area contributed by atoms with Crippen LogP contribution in [-0.2, 0) is 16.0 Å². The molecule has 2 aliphatic heterocycles. The van der Waals surface area contributed by atoms with Crippen LogP contribution in [0.1, 0.15) is 44.1 Å². The SMILES string of the molecule is CN(C)C(=O)CCC(=O)N1[C@@H]2CC[C@H]1CC([C@H](N)Cc1cc(F)c(F)cc1F)C2. The Morgan fingerprint density at radius 3 is 2.24 bits per heavy atom. The van der Waals surface area contributed by atoms with E-state index in [1.54, 1.807) is 14.1 Å². The molecule has 2 amide bonds. The Bertz CT molecular complexity index is 773. The zero-order valence-electron chi connectivity index (χ0n) is 16.8. The summed E-state index contributed by atoms with van der Waals surface area (Å²) in [6.07, 6.45) is 3.70. The number of hydrogen-bond acceptors (Lipinski definition) is 3. The fraction of sp³-hybridized carbons (Fsp3) is 0.619. The van der Waals surface area contributed by atoms with Crippen molar-refractivity contribution in [2.24, 2.45) is 11.7 Å². The maximum atomic E-state index is 14.0. The van der Waals surface area contributed by atoms with E-state index in [0.717, 1.165) is 18.9 Å². The van der Waals surface area contributed by atoms with Gasteiger partial charge in [-0.2, -0.15) is 0 Å². The van der Waals surface area contributed by atoms with Gasteiger partial charge in [-0.3, -0.25) is 9.59 Å². The molecular weight excluding hydrogens is 383 g/mol. The van der Waals surface area contributed by atoms with E-state index in [1.807, 2.05) is 4.90 Å². The van der Waals surface area contributed by atoms with Crippen LogP contribution >= 0.6 is 0 Å². The minimum absolute atomic E-state index is 0.00799. The van der Waals surface area contributed by atoms with Gasteiger partial charge in [0.1, 0.15) is 5.82 Å². The molecule has 2 saturated heterocycles. The number of nitrogens with zero attached hydrogens (tertiary/aromatic N) is 2. The van der Waals surface area contributed by atoms with Gasteiger partial charge in [-0.15, -0.1) is 0 Å². The van der Waals surface area contributed by atoms with Crippen molar-refractivity contribution in [2.45, 2.75) is 63.1 Å². The van der Waals surface area contributed by atoms with Crippen molar-refractivity contribution in [2.75, 3.05) is 14.1 Å². The third-order valence-electron chi connectivity index (χ3n) is 6.26. The van der Waals surface area contributed by atoms with E-state index < -0.39 is 23.5 Å². The van der Waals surface area contributed by atoms with Gasteiger partial charge in [0.2, 0.25) is 11.8 Å². The van der Waals surface area contributed by atoms with Crippen LogP contribution in [0, 0.1) is 23.4 Å². The Labute approximate surface area is 169 Å². The van der Waals surface area contributed by atoms with Crippen LogP contribution in [-0.4, -0.2) is 53.8 Å². The fourth-order valence-electron chi connectivity index (χ4n) is 4.68. The van der Waals surface area contributed by atoms with E-state index in [2.05, 4.69) is 0 Å². The Kier molecular flexibility index (Phi) is 6.51. The first-order chi connectivity index (χ1) is 13.7. The van der Waals surface area contributed by atoms with Crippen LogP contribution in [0.5, 0.6) is 0 Å². The number of piperidine rings is 1. The molecular formula is C21H28F3N3O2. The Morgan fingerprint density at radius 2 is 1.66 bits per heavy atom. The molecule has 160 valence electrons. The van der Waals surface area contributed by atoms with Crippen LogP contribution in [0.15, 0.2) is 12.1 Å². The molecule has 8 heteroatoms. The molecule has 1 unspecified atom stereocenters. The van der Waals surface area contributed by atoms with Gasteiger partial charge in [0.05, 0.1) is 0 Å². The molecule has 0 radical (unpaired) electrons. The molecule has 29 heavy (non-hydrogen) atoms. The first-order valence-corrected chi connectivity index (χ1v) is 10.1. The number of rotatable bonds is 6. The lowest BCUT2D eigenvalue weighted by molar-refractivity contribution is -0.139. The summed E-state index contributed by atoms with van der Waals surface area (Å²) < 4.78 is 40.5. The summed E-state index contributed by atoms with van der Waals surface area (Å²) in [5.74, 6) is -3.09. The van der Waals surface area contributed by atoms with Crippen molar-refractivity contribution in [1.82, 2.24) is 9.80 Å². The van der Waals surface area contributed by atoms with E-state index in [9.17, 15) is 22.8 Å². The normalized spacial score (nSPS) is 24.5. The lowest BCUT2D eigenvalue weighted by Crippen LogP contribution is -2.50. The molecule has 1 aromatic rings. The molecule has 2 bridgehead atoms. The maximum Gasteiger partial charge on any atom is 0.223 e. The molecule has 1 aromatic carbocycles. The van der Waals surface area contributed by atoms with Crippen LogP contribution in [0.4, 0.5) is 13.2 Å². The topological polar surface area (TPSA) is 66.6 Å². The van der Waals surface area contributed by atoms with Crippen LogP contribution < -0.4 is 5.73 Å². The predicted octanol–water partition coefficient (Wildman–Crippen LogP) is 2.61. The molecule has 0 aliphatic carbocycles. The van der Waals surface area contributed by atoms with Gasteiger partial charge in [0.25, 0.3) is 0 Å². The van der Waals surface area contributed by atoms with Crippen LogP contribution in [0.2, 0.25) is 0 Å².